The Morgan fingerprint density at radius 2 is 1.90 bits per heavy atom. The van der Waals surface area contributed by atoms with Gasteiger partial charge in [0.25, 0.3) is 0 Å². The number of furan rings is 1. The van der Waals surface area contributed by atoms with Crippen LogP contribution in [-0.4, -0.2) is 11.9 Å². The summed E-state index contributed by atoms with van der Waals surface area (Å²) in [7, 11) is 0. The Morgan fingerprint density at radius 3 is 2.60 bits per heavy atom. The van der Waals surface area contributed by atoms with Crippen LogP contribution in [0.15, 0.2) is 39.7 Å². The van der Waals surface area contributed by atoms with Gasteiger partial charge in [0.05, 0.1) is 6.04 Å². The minimum Gasteiger partial charge on any atom is -0.453 e. The number of nitrogens with two attached hydrogens (primary N) is 1. The number of amidine groups is 1. The fourth-order valence-corrected chi connectivity index (χ4v) is 2.84. The Kier molecular flexibility index (Phi) is 4.02. The molecule has 1 saturated carbocycles. The van der Waals surface area contributed by atoms with Gasteiger partial charge < -0.3 is 9.84 Å². The molecule has 0 radical (unpaired) electrons. The topological polar surface area (TPSA) is 63.5 Å². The fourth-order valence-electron chi connectivity index (χ4n) is 2.84. The molecule has 3 rings (SSSR count). The van der Waals surface area contributed by atoms with E-state index in [1.54, 1.807) is 0 Å². The highest BCUT2D eigenvalue weighted by atomic mass is 16.3. The van der Waals surface area contributed by atoms with Crippen molar-refractivity contribution in [3.8, 4) is 0 Å². The van der Waals surface area contributed by atoms with E-state index < -0.39 is 0 Å². The lowest BCUT2D eigenvalue weighted by Gasteiger charge is -2.10. The van der Waals surface area contributed by atoms with Gasteiger partial charge >= 0.3 is 0 Å². The summed E-state index contributed by atoms with van der Waals surface area (Å²) < 4.78 is 5.82. The molecule has 0 amide bonds. The van der Waals surface area contributed by atoms with Gasteiger partial charge in [-0.1, -0.05) is 43.9 Å². The SMILES string of the molecule is NNC(=NC1CCCCCC1)c1cc2ccccc2o1. The Bertz CT molecular complexity index is 562. The molecule has 0 atom stereocenters. The van der Waals surface area contributed by atoms with Gasteiger partial charge in [0.1, 0.15) is 5.58 Å². The second-order valence-electron chi connectivity index (χ2n) is 5.42. The summed E-state index contributed by atoms with van der Waals surface area (Å²) in [5.41, 5.74) is 3.57. The maximum absolute atomic E-state index is 5.82. The first-order valence-corrected chi connectivity index (χ1v) is 7.40. The Balaban J connectivity index is 1.87. The molecule has 1 aliphatic carbocycles. The summed E-state index contributed by atoms with van der Waals surface area (Å²) in [6.45, 7) is 0. The number of aliphatic imine (C=N–C) groups is 1. The molecule has 106 valence electrons. The maximum Gasteiger partial charge on any atom is 0.179 e. The predicted octanol–water partition coefficient (Wildman–Crippen LogP) is 3.37. The standard InChI is InChI=1S/C16H21N3O/c17-19-16(18-13-8-3-1-2-4-9-13)15-11-12-7-5-6-10-14(12)20-15/h5-7,10-11,13H,1-4,8-9,17H2,(H,18,19). The van der Waals surface area contributed by atoms with E-state index in [0.29, 0.717) is 11.9 Å². The van der Waals surface area contributed by atoms with Gasteiger partial charge in [0.2, 0.25) is 0 Å². The first-order chi connectivity index (χ1) is 9.86. The van der Waals surface area contributed by atoms with E-state index in [-0.39, 0.29) is 0 Å². The van der Waals surface area contributed by atoms with Gasteiger partial charge in [-0.15, -0.1) is 0 Å². The van der Waals surface area contributed by atoms with Gasteiger partial charge in [-0.2, -0.15) is 0 Å². The van der Waals surface area contributed by atoms with Gasteiger partial charge in [0.15, 0.2) is 11.6 Å². The number of hydrazine groups is 1. The van der Waals surface area contributed by atoms with Crippen LogP contribution in [0.25, 0.3) is 11.0 Å². The maximum atomic E-state index is 5.82. The molecule has 1 fully saturated rings. The van der Waals surface area contributed by atoms with Crippen molar-refractivity contribution in [2.45, 2.75) is 44.6 Å². The number of para-hydroxylation sites is 1. The van der Waals surface area contributed by atoms with Crippen LogP contribution in [0.4, 0.5) is 0 Å². The second-order valence-corrected chi connectivity index (χ2v) is 5.42. The summed E-state index contributed by atoms with van der Waals surface area (Å²) >= 11 is 0. The van der Waals surface area contributed by atoms with Crippen molar-refractivity contribution in [3.63, 3.8) is 0 Å². The second kappa shape index (κ2) is 6.09. The minimum atomic E-state index is 0.358. The Hall–Kier alpha value is -1.81. The first-order valence-electron chi connectivity index (χ1n) is 7.40. The molecule has 2 aromatic rings. The molecule has 3 N–H and O–H groups in total. The van der Waals surface area contributed by atoms with Crippen LogP contribution >= 0.6 is 0 Å². The lowest BCUT2D eigenvalue weighted by molar-refractivity contribution is 0.569. The number of nitrogens with one attached hydrogen (secondary N) is 1. The molecule has 1 aromatic carbocycles. The lowest BCUT2D eigenvalue weighted by atomic mass is 10.1. The number of nitrogens with zero attached hydrogens (tertiary/aromatic N) is 1. The van der Waals surface area contributed by atoms with Crippen LogP contribution < -0.4 is 11.3 Å². The third kappa shape index (κ3) is 2.85. The van der Waals surface area contributed by atoms with Crippen LogP contribution in [-0.2, 0) is 0 Å². The summed E-state index contributed by atoms with van der Waals surface area (Å²) in [6, 6.07) is 10.3. The van der Waals surface area contributed by atoms with Crippen molar-refractivity contribution >= 4 is 16.8 Å². The van der Waals surface area contributed by atoms with Crippen LogP contribution in [0.5, 0.6) is 0 Å². The van der Waals surface area contributed by atoms with Crippen LogP contribution in [0.3, 0.4) is 0 Å². The first kappa shape index (κ1) is 13.2. The van der Waals surface area contributed by atoms with Crippen molar-refractivity contribution in [2.75, 3.05) is 0 Å². The number of fused-ring (bicyclic) bond motifs is 1. The van der Waals surface area contributed by atoms with E-state index in [0.717, 1.165) is 29.6 Å². The molecule has 1 heterocycles. The number of hydrogen-bond donors (Lipinski definition) is 2. The fraction of sp³-hybridized carbons (Fsp3) is 0.438. The van der Waals surface area contributed by atoms with Crippen molar-refractivity contribution in [3.05, 3.63) is 36.1 Å². The number of rotatable bonds is 2. The van der Waals surface area contributed by atoms with E-state index in [9.17, 15) is 0 Å². The summed E-state index contributed by atoms with van der Waals surface area (Å²) in [4.78, 5) is 4.77. The zero-order chi connectivity index (χ0) is 13.8. The minimum absolute atomic E-state index is 0.358. The summed E-state index contributed by atoms with van der Waals surface area (Å²) in [6.07, 6.45) is 7.44. The smallest absolute Gasteiger partial charge is 0.179 e. The predicted molar refractivity (Wildman–Crippen MR) is 81.6 cm³/mol. The molecular formula is C16H21N3O. The number of hydrogen-bond acceptors (Lipinski definition) is 3. The van der Waals surface area contributed by atoms with E-state index in [1.165, 1.54) is 25.7 Å². The highest BCUT2D eigenvalue weighted by Crippen LogP contribution is 2.22. The summed E-state index contributed by atoms with van der Waals surface area (Å²) in [5, 5.41) is 1.08. The van der Waals surface area contributed by atoms with Crippen molar-refractivity contribution in [2.24, 2.45) is 10.8 Å². The van der Waals surface area contributed by atoms with Crippen LogP contribution in [0.2, 0.25) is 0 Å². The normalized spacial score (nSPS) is 18.1. The number of benzene rings is 1. The molecular weight excluding hydrogens is 250 g/mol. The van der Waals surface area contributed by atoms with Gasteiger partial charge in [-0.05, 0) is 25.0 Å². The van der Waals surface area contributed by atoms with Crippen molar-refractivity contribution < 1.29 is 4.42 Å². The lowest BCUT2D eigenvalue weighted by Crippen LogP contribution is -2.32. The largest absolute Gasteiger partial charge is 0.453 e. The Morgan fingerprint density at radius 1 is 1.15 bits per heavy atom. The molecule has 4 nitrogen and oxygen atoms in total. The molecule has 0 aliphatic heterocycles. The molecule has 0 saturated heterocycles. The summed E-state index contributed by atoms with van der Waals surface area (Å²) in [5.74, 6) is 7.02. The van der Waals surface area contributed by atoms with E-state index in [1.807, 2.05) is 30.3 Å². The van der Waals surface area contributed by atoms with Gasteiger partial charge in [0, 0.05) is 5.39 Å². The van der Waals surface area contributed by atoms with E-state index in [4.69, 9.17) is 15.3 Å². The molecule has 20 heavy (non-hydrogen) atoms. The molecule has 1 aromatic heterocycles. The molecule has 1 aliphatic rings. The van der Waals surface area contributed by atoms with E-state index in [2.05, 4.69) is 5.43 Å². The van der Waals surface area contributed by atoms with Crippen molar-refractivity contribution in [1.29, 1.82) is 0 Å². The molecule has 0 unspecified atom stereocenters. The third-order valence-electron chi connectivity index (χ3n) is 3.93. The monoisotopic (exact) mass is 271 g/mol. The Labute approximate surface area is 119 Å². The average molecular weight is 271 g/mol. The van der Waals surface area contributed by atoms with Crippen LogP contribution in [0, 0.1) is 0 Å². The van der Waals surface area contributed by atoms with E-state index >= 15 is 0 Å². The quantitative estimate of drug-likeness (QED) is 0.289. The molecule has 0 bridgehead atoms. The van der Waals surface area contributed by atoms with Crippen LogP contribution in [0.1, 0.15) is 44.3 Å². The van der Waals surface area contributed by atoms with Crippen molar-refractivity contribution in [1.82, 2.24) is 5.43 Å². The molecule has 4 heteroatoms. The van der Waals surface area contributed by atoms with Gasteiger partial charge in [-0.25, -0.2) is 5.84 Å². The van der Waals surface area contributed by atoms with Gasteiger partial charge in [-0.3, -0.25) is 4.99 Å². The average Bonchev–Trinajstić information content (AvgIpc) is 2.74. The third-order valence-corrected chi connectivity index (χ3v) is 3.93. The highest BCUT2D eigenvalue weighted by Gasteiger charge is 2.15. The zero-order valence-corrected chi connectivity index (χ0v) is 11.6. The zero-order valence-electron chi connectivity index (χ0n) is 11.6. The highest BCUT2D eigenvalue weighted by molar-refractivity contribution is 5.99. The molecule has 0 spiro atoms.